The van der Waals surface area contributed by atoms with Gasteiger partial charge in [0.1, 0.15) is 5.75 Å². The first-order valence-corrected chi connectivity index (χ1v) is 7.66. The summed E-state index contributed by atoms with van der Waals surface area (Å²) in [5.74, 6) is 0.269. The topological polar surface area (TPSA) is 36.4 Å². The van der Waals surface area contributed by atoms with E-state index in [0.717, 1.165) is 35.2 Å². The van der Waals surface area contributed by atoms with Crippen molar-refractivity contribution in [3.05, 3.63) is 54.6 Å². The molecule has 0 atom stereocenters. The lowest BCUT2D eigenvalue weighted by atomic mass is 10.1. The number of hydrogen-bond acceptors (Lipinski definition) is 3. The SMILES string of the molecule is CCN(CC)c1ccc(-c2ccc3cc(O)ccc3n2)cc1. The van der Waals surface area contributed by atoms with E-state index in [4.69, 9.17) is 0 Å². The molecule has 1 heterocycles. The Bertz CT molecular complexity index is 777. The third kappa shape index (κ3) is 2.75. The summed E-state index contributed by atoms with van der Waals surface area (Å²) in [6.07, 6.45) is 0. The first-order chi connectivity index (χ1) is 10.7. The maximum absolute atomic E-state index is 9.51. The van der Waals surface area contributed by atoms with Gasteiger partial charge < -0.3 is 10.0 Å². The number of phenolic OH excluding ortho intramolecular Hbond substituents is 1. The summed E-state index contributed by atoms with van der Waals surface area (Å²) in [6, 6.07) is 17.8. The lowest BCUT2D eigenvalue weighted by Gasteiger charge is -2.21. The maximum Gasteiger partial charge on any atom is 0.116 e. The van der Waals surface area contributed by atoms with E-state index in [9.17, 15) is 5.11 Å². The van der Waals surface area contributed by atoms with Gasteiger partial charge in [0.2, 0.25) is 0 Å². The van der Waals surface area contributed by atoms with Crippen LogP contribution in [0.1, 0.15) is 13.8 Å². The Labute approximate surface area is 130 Å². The molecule has 0 saturated heterocycles. The van der Waals surface area contributed by atoms with Crippen LogP contribution in [-0.2, 0) is 0 Å². The molecule has 0 aliphatic rings. The summed E-state index contributed by atoms with van der Waals surface area (Å²) in [6.45, 7) is 6.34. The number of rotatable bonds is 4. The molecule has 0 aliphatic carbocycles. The smallest absolute Gasteiger partial charge is 0.116 e. The van der Waals surface area contributed by atoms with Gasteiger partial charge >= 0.3 is 0 Å². The van der Waals surface area contributed by atoms with E-state index in [0.29, 0.717) is 0 Å². The highest BCUT2D eigenvalue weighted by molar-refractivity contribution is 5.83. The summed E-state index contributed by atoms with van der Waals surface area (Å²) in [7, 11) is 0. The van der Waals surface area contributed by atoms with Gasteiger partial charge in [-0.3, -0.25) is 0 Å². The molecule has 0 radical (unpaired) electrons. The molecule has 3 nitrogen and oxygen atoms in total. The number of hydrogen-bond donors (Lipinski definition) is 1. The zero-order valence-electron chi connectivity index (χ0n) is 13.0. The predicted octanol–water partition coefficient (Wildman–Crippen LogP) is 4.45. The molecule has 1 aromatic heterocycles. The molecular weight excluding hydrogens is 272 g/mol. The third-order valence-electron chi connectivity index (χ3n) is 3.96. The molecule has 3 heteroatoms. The fourth-order valence-electron chi connectivity index (χ4n) is 2.71. The molecule has 0 spiro atoms. The van der Waals surface area contributed by atoms with Crippen molar-refractivity contribution in [2.24, 2.45) is 0 Å². The average Bonchev–Trinajstić information content (AvgIpc) is 2.56. The first-order valence-electron chi connectivity index (χ1n) is 7.66. The van der Waals surface area contributed by atoms with Crippen molar-refractivity contribution in [1.82, 2.24) is 4.98 Å². The Morgan fingerprint density at radius 2 is 1.64 bits per heavy atom. The van der Waals surface area contributed by atoms with Gasteiger partial charge in [0.25, 0.3) is 0 Å². The van der Waals surface area contributed by atoms with Crippen molar-refractivity contribution in [2.45, 2.75) is 13.8 Å². The van der Waals surface area contributed by atoms with Crippen LogP contribution in [0.3, 0.4) is 0 Å². The van der Waals surface area contributed by atoms with Crippen LogP contribution < -0.4 is 4.90 Å². The molecule has 22 heavy (non-hydrogen) atoms. The second-order valence-corrected chi connectivity index (χ2v) is 5.29. The van der Waals surface area contributed by atoms with E-state index in [2.05, 4.69) is 48.0 Å². The Morgan fingerprint density at radius 3 is 2.32 bits per heavy atom. The van der Waals surface area contributed by atoms with Crippen molar-refractivity contribution in [3.63, 3.8) is 0 Å². The van der Waals surface area contributed by atoms with Crippen LogP contribution in [0.15, 0.2) is 54.6 Å². The quantitative estimate of drug-likeness (QED) is 0.771. The van der Waals surface area contributed by atoms with E-state index in [1.54, 1.807) is 12.1 Å². The number of fused-ring (bicyclic) bond motifs is 1. The highest BCUT2D eigenvalue weighted by atomic mass is 16.3. The van der Waals surface area contributed by atoms with Crippen molar-refractivity contribution < 1.29 is 5.11 Å². The molecule has 0 fully saturated rings. The minimum absolute atomic E-state index is 0.269. The normalized spacial score (nSPS) is 10.8. The van der Waals surface area contributed by atoms with Gasteiger partial charge in [-0.15, -0.1) is 0 Å². The molecule has 0 unspecified atom stereocenters. The summed E-state index contributed by atoms with van der Waals surface area (Å²) < 4.78 is 0. The van der Waals surface area contributed by atoms with Crippen LogP contribution >= 0.6 is 0 Å². The number of pyridine rings is 1. The Balaban J connectivity index is 1.95. The van der Waals surface area contributed by atoms with E-state index in [1.165, 1.54) is 5.69 Å². The fourth-order valence-corrected chi connectivity index (χ4v) is 2.71. The zero-order valence-corrected chi connectivity index (χ0v) is 13.0. The number of benzene rings is 2. The summed E-state index contributed by atoms with van der Waals surface area (Å²) >= 11 is 0. The number of anilines is 1. The largest absolute Gasteiger partial charge is 0.508 e. The van der Waals surface area contributed by atoms with Gasteiger partial charge in [0, 0.05) is 29.7 Å². The molecule has 1 N–H and O–H groups in total. The monoisotopic (exact) mass is 292 g/mol. The van der Waals surface area contributed by atoms with Crippen LogP contribution in [0.25, 0.3) is 22.2 Å². The summed E-state index contributed by atoms with van der Waals surface area (Å²) in [4.78, 5) is 7.00. The Hall–Kier alpha value is -2.55. The fraction of sp³-hybridized carbons (Fsp3) is 0.211. The standard InChI is InChI=1S/C19H20N2O/c1-3-21(4-2)16-8-5-14(6-9-16)18-11-7-15-13-17(22)10-12-19(15)20-18/h5-13,22H,3-4H2,1-2H3. The van der Waals surface area contributed by atoms with E-state index < -0.39 is 0 Å². The Morgan fingerprint density at radius 1 is 0.909 bits per heavy atom. The average molecular weight is 292 g/mol. The molecule has 112 valence electrons. The number of phenols is 1. The molecule has 3 rings (SSSR count). The third-order valence-corrected chi connectivity index (χ3v) is 3.96. The van der Waals surface area contributed by atoms with Crippen LogP contribution in [0.4, 0.5) is 5.69 Å². The minimum atomic E-state index is 0.269. The maximum atomic E-state index is 9.51. The highest BCUT2D eigenvalue weighted by Gasteiger charge is 2.05. The predicted molar refractivity (Wildman–Crippen MR) is 92.4 cm³/mol. The van der Waals surface area contributed by atoms with Crippen molar-refractivity contribution in [3.8, 4) is 17.0 Å². The van der Waals surface area contributed by atoms with E-state index in [-0.39, 0.29) is 5.75 Å². The van der Waals surface area contributed by atoms with Gasteiger partial charge in [-0.25, -0.2) is 4.98 Å². The number of aromatic nitrogens is 1. The van der Waals surface area contributed by atoms with Gasteiger partial charge in [0.15, 0.2) is 0 Å². The number of aromatic hydroxyl groups is 1. The summed E-state index contributed by atoms with van der Waals surface area (Å²) in [5.41, 5.74) is 4.18. The van der Waals surface area contributed by atoms with E-state index in [1.807, 2.05) is 18.2 Å². The van der Waals surface area contributed by atoms with Gasteiger partial charge in [-0.05, 0) is 50.2 Å². The van der Waals surface area contributed by atoms with E-state index >= 15 is 0 Å². The lowest BCUT2D eigenvalue weighted by molar-refractivity contribution is 0.476. The van der Waals surface area contributed by atoms with Crippen LogP contribution in [0.2, 0.25) is 0 Å². The molecule has 0 aliphatic heterocycles. The van der Waals surface area contributed by atoms with Crippen molar-refractivity contribution >= 4 is 16.6 Å². The second-order valence-electron chi connectivity index (χ2n) is 5.29. The zero-order chi connectivity index (χ0) is 15.5. The molecule has 0 bridgehead atoms. The van der Waals surface area contributed by atoms with Crippen LogP contribution in [-0.4, -0.2) is 23.2 Å². The Kier molecular flexibility index (Phi) is 3.96. The van der Waals surface area contributed by atoms with Gasteiger partial charge in [0.05, 0.1) is 11.2 Å². The first kappa shape index (κ1) is 14.4. The molecule has 2 aromatic carbocycles. The van der Waals surface area contributed by atoms with Gasteiger partial charge in [-0.2, -0.15) is 0 Å². The van der Waals surface area contributed by atoms with Crippen LogP contribution in [0.5, 0.6) is 5.75 Å². The highest BCUT2D eigenvalue weighted by Crippen LogP contribution is 2.25. The minimum Gasteiger partial charge on any atom is -0.508 e. The van der Waals surface area contributed by atoms with Crippen LogP contribution in [0, 0.1) is 0 Å². The lowest BCUT2D eigenvalue weighted by Crippen LogP contribution is -2.21. The van der Waals surface area contributed by atoms with Gasteiger partial charge in [-0.1, -0.05) is 18.2 Å². The number of nitrogens with zero attached hydrogens (tertiary/aromatic N) is 2. The molecule has 0 saturated carbocycles. The molecule has 3 aromatic rings. The molecular formula is C19H20N2O. The summed E-state index contributed by atoms with van der Waals surface area (Å²) in [5, 5.41) is 10.5. The van der Waals surface area contributed by atoms with Crippen molar-refractivity contribution in [1.29, 1.82) is 0 Å². The van der Waals surface area contributed by atoms with Crippen molar-refractivity contribution in [2.75, 3.05) is 18.0 Å². The second kappa shape index (κ2) is 6.06. The molecule has 0 amide bonds.